The summed E-state index contributed by atoms with van der Waals surface area (Å²) in [5, 5.41) is 2.94. The Morgan fingerprint density at radius 2 is 1.82 bits per heavy atom. The van der Waals surface area contributed by atoms with Crippen LogP contribution in [0.5, 0.6) is 5.75 Å². The molecule has 0 bridgehead atoms. The molecule has 6 rings (SSSR count). The van der Waals surface area contributed by atoms with E-state index in [1.54, 1.807) is 41.9 Å². The van der Waals surface area contributed by atoms with Crippen LogP contribution in [0.2, 0.25) is 0 Å². The van der Waals surface area contributed by atoms with Crippen LogP contribution in [0.4, 0.5) is 0 Å². The Morgan fingerprint density at radius 3 is 2.51 bits per heavy atom. The van der Waals surface area contributed by atoms with Crippen LogP contribution in [0.25, 0.3) is 11.0 Å². The number of para-hydroxylation sites is 2. The molecule has 0 spiro atoms. The zero-order valence-electron chi connectivity index (χ0n) is 24.9. The molecule has 0 aliphatic carbocycles. The van der Waals surface area contributed by atoms with E-state index >= 15 is 0 Å². The largest absolute Gasteiger partial charge is 0.497 e. The molecule has 13 heteroatoms. The van der Waals surface area contributed by atoms with Gasteiger partial charge in [-0.25, -0.2) is 17.7 Å². The maximum absolute atomic E-state index is 14.3. The van der Waals surface area contributed by atoms with Gasteiger partial charge in [-0.2, -0.15) is 0 Å². The number of amides is 3. The second-order valence-corrected chi connectivity index (χ2v) is 12.8. The summed E-state index contributed by atoms with van der Waals surface area (Å²) in [5.74, 6) is -1.18. The molecule has 12 nitrogen and oxygen atoms in total. The van der Waals surface area contributed by atoms with E-state index in [1.807, 2.05) is 24.3 Å². The van der Waals surface area contributed by atoms with Crippen LogP contribution in [0.15, 0.2) is 77.7 Å². The molecular formula is C32H33N5O7S. The van der Waals surface area contributed by atoms with Crippen molar-refractivity contribution in [1.29, 1.82) is 0 Å². The van der Waals surface area contributed by atoms with Gasteiger partial charge in [-0.15, -0.1) is 0 Å². The highest BCUT2D eigenvalue weighted by molar-refractivity contribution is 7.90. The van der Waals surface area contributed by atoms with E-state index in [9.17, 15) is 22.8 Å². The first-order chi connectivity index (χ1) is 21.7. The molecule has 3 amide bonds. The minimum absolute atomic E-state index is 0.00629. The summed E-state index contributed by atoms with van der Waals surface area (Å²) < 4.78 is 40.1. The number of aromatic nitrogens is 2. The minimum Gasteiger partial charge on any atom is -0.497 e. The molecule has 3 aromatic carbocycles. The smallest absolute Gasteiger partial charge is 0.269 e. The molecule has 45 heavy (non-hydrogen) atoms. The maximum atomic E-state index is 14.3. The third kappa shape index (κ3) is 5.76. The fourth-order valence-electron chi connectivity index (χ4n) is 5.78. The molecule has 2 aliphatic rings. The normalized spacial score (nSPS) is 17.7. The third-order valence-electron chi connectivity index (χ3n) is 8.18. The van der Waals surface area contributed by atoms with Crippen molar-refractivity contribution in [2.24, 2.45) is 7.05 Å². The predicted molar refractivity (Wildman–Crippen MR) is 164 cm³/mol. The Labute approximate surface area is 260 Å². The average molecular weight is 632 g/mol. The van der Waals surface area contributed by atoms with Crippen LogP contribution < -0.4 is 10.1 Å². The number of nitrogens with zero attached hydrogens (tertiary/aromatic N) is 4. The SMILES string of the molecule is COc1ccc(CN(C(=O)CN2C(=O)c3ccccc3S2(=O)=O)[C@@H](C(=O)NC[C@H]2CCCO2)c2nc3ccccc3n2C)cc1. The lowest BCUT2D eigenvalue weighted by Crippen LogP contribution is -2.49. The highest BCUT2D eigenvalue weighted by atomic mass is 32.2. The number of hydrogen-bond donors (Lipinski definition) is 1. The van der Waals surface area contributed by atoms with E-state index in [4.69, 9.17) is 14.5 Å². The summed E-state index contributed by atoms with van der Waals surface area (Å²) in [6.45, 7) is -0.0415. The number of nitrogens with one attached hydrogen (secondary N) is 1. The van der Waals surface area contributed by atoms with Crippen LogP contribution in [-0.4, -0.2) is 77.8 Å². The van der Waals surface area contributed by atoms with Gasteiger partial charge < -0.3 is 24.3 Å². The van der Waals surface area contributed by atoms with Crippen molar-refractivity contribution >= 4 is 38.8 Å². The van der Waals surface area contributed by atoms with Crippen molar-refractivity contribution in [3.63, 3.8) is 0 Å². The number of ether oxygens (including phenoxy) is 2. The van der Waals surface area contributed by atoms with Gasteiger partial charge in [0.2, 0.25) is 5.91 Å². The molecule has 1 saturated heterocycles. The maximum Gasteiger partial charge on any atom is 0.269 e. The monoisotopic (exact) mass is 631 g/mol. The number of fused-ring (bicyclic) bond motifs is 2. The van der Waals surface area contributed by atoms with Gasteiger partial charge in [-0.1, -0.05) is 36.4 Å². The van der Waals surface area contributed by atoms with Gasteiger partial charge >= 0.3 is 0 Å². The summed E-state index contributed by atoms with van der Waals surface area (Å²) in [6.07, 6.45) is 1.52. The second kappa shape index (κ2) is 12.3. The number of carbonyl (C=O) groups is 3. The first kappa shape index (κ1) is 30.3. The van der Waals surface area contributed by atoms with Crippen molar-refractivity contribution in [1.82, 2.24) is 24.1 Å². The number of imidazole rings is 1. The fraction of sp³-hybridized carbons (Fsp3) is 0.312. The standard InChI is InChI=1S/C32H33N5O7S/c1-35-26-11-5-4-10-25(26)34-30(35)29(31(39)33-18-23-8-7-17-44-23)36(19-21-13-15-22(43-2)16-14-21)28(38)20-37-32(40)24-9-3-6-12-27(24)45(37,41)42/h3-6,9-16,23,29H,7-8,17-20H2,1-2H3,(H,33,39)/t23-,29-/m1/s1. The molecule has 3 heterocycles. The highest BCUT2D eigenvalue weighted by Gasteiger charge is 2.44. The van der Waals surface area contributed by atoms with E-state index < -0.39 is 40.3 Å². The molecule has 0 radical (unpaired) electrons. The number of benzene rings is 3. The number of carbonyl (C=O) groups excluding carboxylic acids is 3. The number of hydrogen-bond acceptors (Lipinski definition) is 8. The average Bonchev–Trinajstić information content (AvgIpc) is 3.74. The summed E-state index contributed by atoms with van der Waals surface area (Å²) >= 11 is 0. The Morgan fingerprint density at radius 1 is 1.09 bits per heavy atom. The second-order valence-electron chi connectivity index (χ2n) is 11.0. The zero-order valence-corrected chi connectivity index (χ0v) is 25.7. The van der Waals surface area contributed by atoms with E-state index in [2.05, 4.69) is 5.32 Å². The highest BCUT2D eigenvalue weighted by Crippen LogP contribution is 2.32. The molecule has 234 valence electrons. The Bertz CT molecular complexity index is 1870. The molecule has 1 aromatic heterocycles. The zero-order chi connectivity index (χ0) is 31.7. The Kier molecular flexibility index (Phi) is 8.30. The summed E-state index contributed by atoms with van der Waals surface area (Å²) in [7, 11) is -0.990. The number of sulfonamides is 1. The van der Waals surface area contributed by atoms with Crippen LogP contribution in [0, 0.1) is 0 Å². The predicted octanol–water partition coefficient (Wildman–Crippen LogP) is 2.79. The van der Waals surface area contributed by atoms with Gasteiger partial charge in [-0.3, -0.25) is 14.4 Å². The van der Waals surface area contributed by atoms with E-state index in [1.165, 1.54) is 30.2 Å². The number of methoxy groups -OCH3 is 1. The first-order valence-corrected chi connectivity index (χ1v) is 16.0. The summed E-state index contributed by atoms with van der Waals surface area (Å²) in [6, 6.07) is 18.9. The molecule has 2 atom stereocenters. The van der Waals surface area contributed by atoms with Gasteiger partial charge in [0.25, 0.3) is 21.8 Å². The molecule has 2 aliphatic heterocycles. The van der Waals surface area contributed by atoms with Crippen molar-refractivity contribution in [3.05, 3.63) is 89.7 Å². The van der Waals surface area contributed by atoms with Crippen molar-refractivity contribution < 1.29 is 32.3 Å². The molecule has 1 N–H and O–H groups in total. The van der Waals surface area contributed by atoms with Crippen molar-refractivity contribution in [2.45, 2.75) is 36.4 Å². The number of aryl methyl sites for hydroxylation is 1. The quantitative estimate of drug-likeness (QED) is 0.282. The van der Waals surface area contributed by atoms with Crippen LogP contribution in [0.1, 0.15) is 40.6 Å². The van der Waals surface area contributed by atoms with Crippen LogP contribution >= 0.6 is 0 Å². The van der Waals surface area contributed by atoms with Crippen LogP contribution in [-0.2, 0) is 37.9 Å². The topological polar surface area (TPSA) is 140 Å². The molecule has 4 aromatic rings. The summed E-state index contributed by atoms with van der Waals surface area (Å²) in [5.41, 5.74) is 2.01. The fourth-order valence-corrected chi connectivity index (χ4v) is 7.29. The van der Waals surface area contributed by atoms with Gasteiger partial charge in [-0.05, 0) is 54.8 Å². The summed E-state index contributed by atoms with van der Waals surface area (Å²) in [4.78, 5) is 47.6. The van der Waals surface area contributed by atoms with Gasteiger partial charge in [0, 0.05) is 26.7 Å². The lowest BCUT2D eigenvalue weighted by Gasteiger charge is -2.32. The molecular weight excluding hydrogens is 598 g/mol. The van der Waals surface area contributed by atoms with Gasteiger partial charge in [0.1, 0.15) is 23.0 Å². The van der Waals surface area contributed by atoms with Crippen molar-refractivity contribution in [3.8, 4) is 5.75 Å². The van der Waals surface area contributed by atoms with E-state index in [0.717, 1.165) is 18.4 Å². The molecule has 1 fully saturated rings. The lowest BCUT2D eigenvalue weighted by molar-refractivity contribution is -0.142. The van der Waals surface area contributed by atoms with Crippen LogP contribution in [0.3, 0.4) is 0 Å². The van der Waals surface area contributed by atoms with Gasteiger partial charge in [0.15, 0.2) is 6.04 Å². The minimum atomic E-state index is -4.28. The van der Waals surface area contributed by atoms with Gasteiger partial charge in [0.05, 0.1) is 29.8 Å². The third-order valence-corrected chi connectivity index (χ3v) is 9.96. The Hall–Kier alpha value is -4.75. The van der Waals surface area contributed by atoms with E-state index in [0.29, 0.717) is 27.7 Å². The Balaban J connectivity index is 1.41. The lowest BCUT2D eigenvalue weighted by atomic mass is 10.1. The molecule has 0 unspecified atom stereocenters. The number of rotatable bonds is 10. The van der Waals surface area contributed by atoms with E-state index in [-0.39, 0.29) is 35.5 Å². The molecule has 0 saturated carbocycles. The van der Waals surface area contributed by atoms with Crippen molar-refractivity contribution in [2.75, 3.05) is 26.8 Å². The first-order valence-electron chi connectivity index (χ1n) is 14.6.